The zero-order valence-electron chi connectivity index (χ0n) is 10.9. The third-order valence-electron chi connectivity index (χ3n) is 2.98. The molecule has 0 fully saturated rings. The summed E-state index contributed by atoms with van der Waals surface area (Å²) in [6.07, 6.45) is 1.17. The highest BCUT2D eigenvalue weighted by Gasteiger charge is 2.06. The summed E-state index contributed by atoms with van der Waals surface area (Å²) < 4.78 is 5.16. The van der Waals surface area contributed by atoms with E-state index in [9.17, 15) is 4.79 Å². The van der Waals surface area contributed by atoms with Gasteiger partial charge in [0.1, 0.15) is 5.75 Å². The summed E-state index contributed by atoms with van der Waals surface area (Å²) in [7, 11) is 1.64. The quantitative estimate of drug-likeness (QED) is 0.659. The Morgan fingerprint density at radius 1 is 1.16 bits per heavy atom. The normalized spacial score (nSPS) is 10.2. The maximum absolute atomic E-state index is 12.0. The predicted octanol–water partition coefficient (Wildman–Crippen LogP) is 3.09. The molecule has 0 amide bonds. The molecule has 3 heteroatoms. The highest BCUT2D eigenvalue weighted by molar-refractivity contribution is 5.96. The molecular weight excluding hydrogens is 238 g/mol. The van der Waals surface area contributed by atoms with Gasteiger partial charge in [0.2, 0.25) is 0 Å². The van der Waals surface area contributed by atoms with E-state index in [1.165, 1.54) is 0 Å². The number of nitrogens with two attached hydrogens (primary N) is 1. The summed E-state index contributed by atoms with van der Waals surface area (Å²) in [5.74, 6) is 0.920. The van der Waals surface area contributed by atoms with Gasteiger partial charge in [0.15, 0.2) is 5.78 Å². The van der Waals surface area contributed by atoms with Crippen molar-refractivity contribution in [3.8, 4) is 5.75 Å². The minimum absolute atomic E-state index is 0.107. The maximum atomic E-state index is 12.0. The molecule has 3 nitrogen and oxygen atoms in total. The van der Waals surface area contributed by atoms with E-state index in [2.05, 4.69) is 0 Å². The van der Waals surface area contributed by atoms with Gasteiger partial charge in [-0.1, -0.05) is 24.3 Å². The minimum atomic E-state index is 0.107. The Balaban J connectivity index is 2.00. The lowest BCUT2D eigenvalue weighted by Gasteiger charge is -2.05. The molecule has 0 aliphatic carbocycles. The summed E-state index contributed by atoms with van der Waals surface area (Å²) in [5.41, 5.74) is 8.05. The fourth-order valence-electron chi connectivity index (χ4n) is 1.94. The van der Waals surface area contributed by atoms with E-state index in [1.54, 1.807) is 31.4 Å². The number of rotatable bonds is 5. The van der Waals surface area contributed by atoms with Crippen molar-refractivity contribution in [2.45, 2.75) is 12.8 Å². The Bertz CT molecular complexity index is 578. The predicted molar refractivity (Wildman–Crippen MR) is 76.5 cm³/mol. The summed E-state index contributed by atoms with van der Waals surface area (Å²) in [5, 5.41) is 0. The number of Topliss-reactive ketones (excluding diaryl/α,β-unsaturated/α-hetero) is 1. The van der Waals surface area contributed by atoms with Gasteiger partial charge in [-0.2, -0.15) is 0 Å². The number of carbonyl (C=O) groups is 1. The topological polar surface area (TPSA) is 52.3 Å². The van der Waals surface area contributed by atoms with Crippen molar-refractivity contribution in [1.82, 2.24) is 0 Å². The molecule has 0 heterocycles. The molecule has 2 aromatic carbocycles. The van der Waals surface area contributed by atoms with Crippen LogP contribution < -0.4 is 10.5 Å². The molecule has 19 heavy (non-hydrogen) atoms. The van der Waals surface area contributed by atoms with Crippen molar-refractivity contribution in [2.75, 3.05) is 12.8 Å². The lowest BCUT2D eigenvalue weighted by Crippen LogP contribution is -2.02. The number of hydrogen-bond donors (Lipinski definition) is 1. The van der Waals surface area contributed by atoms with Crippen LogP contribution >= 0.6 is 0 Å². The first-order valence-corrected chi connectivity index (χ1v) is 6.21. The highest BCUT2D eigenvalue weighted by Crippen LogP contribution is 2.16. The van der Waals surface area contributed by atoms with Crippen molar-refractivity contribution in [1.29, 1.82) is 0 Å². The van der Waals surface area contributed by atoms with Gasteiger partial charge in [-0.15, -0.1) is 0 Å². The number of benzene rings is 2. The van der Waals surface area contributed by atoms with Crippen LogP contribution in [0.1, 0.15) is 22.3 Å². The van der Waals surface area contributed by atoms with Crippen molar-refractivity contribution < 1.29 is 9.53 Å². The molecule has 0 spiro atoms. The van der Waals surface area contributed by atoms with Gasteiger partial charge in [-0.3, -0.25) is 4.79 Å². The van der Waals surface area contributed by atoms with E-state index in [-0.39, 0.29) is 5.78 Å². The molecule has 0 saturated heterocycles. The Hall–Kier alpha value is -2.29. The fraction of sp³-hybridized carbons (Fsp3) is 0.188. The number of aryl methyl sites for hydroxylation is 1. The van der Waals surface area contributed by atoms with Gasteiger partial charge in [0.05, 0.1) is 7.11 Å². The minimum Gasteiger partial charge on any atom is -0.497 e. The van der Waals surface area contributed by atoms with Crippen LogP contribution in [0.15, 0.2) is 48.5 Å². The highest BCUT2D eigenvalue weighted by atomic mass is 16.5. The zero-order chi connectivity index (χ0) is 13.7. The number of carbonyl (C=O) groups excluding carboxylic acids is 1. The lowest BCUT2D eigenvalue weighted by atomic mass is 10.0. The van der Waals surface area contributed by atoms with Crippen molar-refractivity contribution in [3.05, 3.63) is 59.7 Å². The lowest BCUT2D eigenvalue weighted by molar-refractivity contribution is 0.0983. The van der Waals surface area contributed by atoms with E-state index >= 15 is 0 Å². The molecule has 2 rings (SSSR count). The standard InChI is InChI=1S/C16H17NO2/c1-19-15-7-2-4-12(10-15)8-9-16(18)13-5-3-6-14(17)11-13/h2-7,10-11H,8-9,17H2,1H3. The van der Waals surface area contributed by atoms with Crippen LogP contribution in [0.5, 0.6) is 5.75 Å². The van der Waals surface area contributed by atoms with E-state index < -0.39 is 0 Å². The number of hydrogen-bond acceptors (Lipinski definition) is 3. The van der Waals surface area contributed by atoms with Gasteiger partial charge >= 0.3 is 0 Å². The molecule has 0 radical (unpaired) electrons. The molecule has 0 aromatic heterocycles. The molecule has 98 valence electrons. The number of ether oxygens (including phenoxy) is 1. The summed E-state index contributed by atoms with van der Waals surface area (Å²) in [6, 6.07) is 14.9. The molecule has 0 aliphatic rings. The van der Waals surface area contributed by atoms with Gasteiger partial charge in [-0.25, -0.2) is 0 Å². The van der Waals surface area contributed by atoms with E-state index in [0.717, 1.165) is 11.3 Å². The van der Waals surface area contributed by atoms with Crippen LogP contribution in [0.4, 0.5) is 5.69 Å². The van der Waals surface area contributed by atoms with Crippen LogP contribution in [-0.2, 0) is 6.42 Å². The first kappa shape index (κ1) is 13.1. The van der Waals surface area contributed by atoms with Gasteiger partial charge in [-0.05, 0) is 36.2 Å². The summed E-state index contributed by atoms with van der Waals surface area (Å²) >= 11 is 0. The summed E-state index contributed by atoms with van der Waals surface area (Å²) in [6.45, 7) is 0. The Labute approximate surface area is 113 Å². The van der Waals surface area contributed by atoms with Crippen LogP contribution in [0.25, 0.3) is 0 Å². The van der Waals surface area contributed by atoms with Crippen LogP contribution in [0.2, 0.25) is 0 Å². The van der Waals surface area contributed by atoms with Crippen molar-refractivity contribution >= 4 is 11.5 Å². The fourth-order valence-corrected chi connectivity index (χ4v) is 1.94. The van der Waals surface area contributed by atoms with E-state index in [1.807, 2.05) is 24.3 Å². The molecule has 2 N–H and O–H groups in total. The second kappa shape index (κ2) is 6.05. The molecule has 0 saturated carbocycles. The molecule has 0 aliphatic heterocycles. The third kappa shape index (κ3) is 3.58. The largest absolute Gasteiger partial charge is 0.497 e. The second-order valence-electron chi connectivity index (χ2n) is 4.40. The maximum Gasteiger partial charge on any atom is 0.163 e. The molecule has 0 unspecified atom stereocenters. The van der Waals surface area contributed by atoms with Gasteiger partial charge < -0.3 is 10.5 Å². The Kier molecular flexibility index (Phi) is 4.18. The van der Waals surface area contributed by atoms with Crippen LogP contribution in [0, 0.1) is 0 Å². The average molecular weight is 255 g/mol. The van der Waals surface area contributed by atoms with Crippen LogP contribution in [-0.4, -0.2) is 12.9 Å². The SMILES string of the molecule is COc1cccc(CCC(=O)c2cccc(N)c2)c1. The first-order chi connectivity index (χ1) is 9.19. The van der Waals surface area contributed by atoms with Gasteiger partial charge in [0.25, 0.3) is 0 Å². The smallest absolute Gasteiger partial charge is 0.163 e. The van der Waals surface area contributed by atoms with Crippen molar-refractivity contribution in [3.63, 3.8) is 0 Å². The monoisotopic (exact) mass is 255 g/mol. The Morgan fingerprint density at radius 3 is 2.68 bits per heavy atom. The summed E-state index contributed by atoms with van der Waals surface area (Å²) in [4.78, 5) is 12.0. The average Bonchev–Trinajstić information content (AvgIpc) is 2.45. The third-order valence-corrected chi connectivity index (χ3v) is 2.98. The number of anilines is 1. The second-order valence-corrected chi connectivity index (χ2v) is 4.40. The molecule has 0 atom stereocenters. The molecular formula is C16H17NO2. The van der Waals surface area contributed by atoms with Gasteiger partial charge in [0, 0.05) is 17.7 Å². The van der Waals surface area contributed by atoms with Crippen LogP contribution in [0.3, 0.4) is 0 Å². The van der Waals surface area contributed by atoms with Crippen molar-refractivity contribution in [2.24, 2.45) is 0 Å². The number of ketones is 1. The Morgan fingerprint density at radius 2 is 1.95 bits per heavy atom. The first-order valence-electron chi connectivity index (χ1n) is 6.21. The van der Waals surface area contributed by atoms with E-state index in [0.29, 0.717) is 24.1 Å². The molecule has 2 aromatic rings. The number of nitrogen functional groups attached to an aromatic ring is 1. The van der Waals surface area contributed by atoms with E-state index in [4.69, 9.17) is 10.5 Å². The zero-order valence-corrected chi connectivity index (χ0v) is 10.9. The molecule has 0 bridgehead atoms. The number of methoxy groups -OCH3 is 1.